The summed E-state index contributed by atoms with van der Waals surface area (Å²) in [5.41, 5.74) is 24.4. The van der Waals surface area contributed by atoms with E-state index in [2.05, 4.69) is 84.1 Å². The largest absolute Gasteiger partial charge is 0.481 e. The fraction of sp³-hybridized carbons (Fsp3) is 0.566. The average Bonchev–Trinajstić information content (AvgIpc) is 1.72. The fourth-order valence-electron chi connectivity index (χ4n) is 12.9. The van der Waals surface area contributed by atoms with Gasteiger partial charge >= 0.3 is 11.9 Å². The van der Waals surface area contributed by atoms with Crippen LogP contribution in [0.5, 0.6) is 0 Å². The molecule has 28 N–H and O–H groups in total. The second-order valence-electron chi connectivity index (χ2n) is 29.3. The number of carbonyl (C=O) groups is 16. The number of aromatic amines is 2. The SMILES string of the molecule is CC[C@H](C)[C@H](NC(=O)[C@@H]1CCCN1C(=O)[C@H](CC(=O)O)NC(=O)[C@H](CC(C)C)NC(=O)[C@H](CCSC)NC(=O)[C@H](Cc1c[nH]c2ccccc12)NC(=O)CNC(=O)[C@H](CO)NC(=O)[C@@H](N)CO)C(=O)N[C@@H](C)C(=O)NCC(=O)N[C@@H](CCCCN)C(=O)N[C@@H](Cc1c[nH]c2ccccc12)C(=O)N[C@@H](CO)C(=O)N[C@@H](CCCN=C(N)N)C(=O)O. The lowest BCUT2D eigenvalue weighted by atomic mass is 9.97. The van der Waals surface area contributed by atoms with Crippen molar-refractivity contribution < 1.29 is 102 Å². The van der Waals surface area contributed by atoms with Gasteiger partial charge in [0.15, 0.2) is 5.96 Å². The molecule has 14 atom stereocenters. The number of aromatic nitrogens is 2. The lowest BCUT2D eigenvalue weighted by molar-refractivity contribution is -0.146. The van der Waals surface area contributed by atoms with Gasteiger partial charge in [0.1, 0.15) is 78.5 Å². The number of aliphatic hydroxyl groups is 3. The Morgan fingerprint density at radius 3 is 1.56 bits per heavy atom. The summed E-state index contributed by atoms with van der Waals surface area (Å²) in [7, 11) is 0. The molecular formula is C76H115N21O21S. The number of carboxylic acids is 2. The number of hydrogen-bond acceptors (Lipinski definition) is 23. The molecule has 1 saturated heterocycles. The second-order valence-corrected chi connectivity index (χ2v) is 30.2. The van der Waals surface area contributed by atoms with E-state index in [4.69, 9.17) is 22.9 Å². The third kappa shape index (κ3) is 31.4. The maximum absolute atomic E-state index is 14.7. The van der Waals surface area contributed by atoms with E-state index in [1.54, 1.807) is 94.9 Å². The Kier molecular flexibility index (Phi) is 40.9. The van der Waals surface area contributed by atoms with Gasteiger partial charge in [0, 0.05) is 60.1 Å². The number of thioether (sulfide) groups is 1. The molecule has 0 saturated carbocycles. The molecule has 1 aliphatic heterocycles. The normalized spacial score (nSPS) is 15.8. The van der Waals surface area contributed by atoms with Gasteiger partial charge in [0.05, 0.1) is 39.3 Å². The van der Waals surface area contributed by atoms with Crippen molar-refractivity contribution in [1.82, 2.24) is 84.0 Å². The van der Waals surface area contributed by atoms with Crippen LogP contribution >= 0.6 is 11.8 Å². The van der Waals surface area contributed by atoms with Gasteiger partial charge in [-0.15, -0.1) is 0 Å². The number of hydrogen-bond donors (Lipinski definition) is 24. The van der Waals surface area contributed by atoms with E-state index >= 15 is 0 Å². The predicted molar refractivity (Wildman–Crippen MR) is 436 cm³/mol. The molecule has 0 radical (unpaired) electrons. The minimum Gasteiger partial charge on any atom is -0.481 e. The number of aliphatic hydroxyl groups excluding tert-OH is 3. The first-order chi connectivity index (χ1) is 56.6. The van der Waals surface area contributed by atoms with Crippen LogP contribution < -0.4 is 92.1 Å². The van der Waals surface area contributed by atoms with Crippen LogP contribution in [0.15, 0.2) is 65.9 Å². The summed E-state index contributed by atoms with van der Waals surface area (Å²) >= 11 is 1.31. The highest BCUT2D eigenvalue weighted by molar-refractivity contribution is 7.98. The number of rotatable bonds is 52. The first-order valence-corrected chi connectivity index (χ1v) is 40.5. The number of aliphatic carboxylic acids is 2. The number of amides is 14. The summed E-state index contributed by atoms with van der Waals surface area (Å²) in [6.45, 7) is 3.96. The predicted octanol–water partition coefficient (Wildman–Crippen LogP) is -6.10. The summed E-state index contributed by atoms with van der Waals surface area (Å²) in [6, 6.07) is -5.27. The molecule has 5 rings (SSSR count). The summed E-state index contributed by atoms with van der Waals surface area (Å²) < 4.78 is 0. The number of likely N-dealkylation sites (tertiary alicyclic amines) is 1. The summed E-state index contributed by atoms with van der Waals surface area (Å²) in [4.78, 5) is 231. The summed E-state index contributed by atoms with van der Waals surface area (Å²) in [5.74, 6) is -17.1. The van der Waals surface area contributed by atoms with Crippen LogP contribution in [0.4, 0.5) is 0 Å². The zero-order valence-corrected chi connectivity index (χ0v) is 68.2. The van der Waals surface area contributed by atoms with Crippen LogP contribution in [0.25, 0.3) is 21.8 Å². The van der Waals surface area contributed by atoms with Gasteiger partial charge in [-0.1, -0.05) is 70.5 Å². The topological polar surface area (TPSA) is 682 Å². The first-order valence-electron chi connectivity index (χ1n) is 39.1. The van der Waals surface area contributed by atoms with E-state index in [0.717, 1.165) is 4.90 Å². The number of fused-ring (bicyclic) bond motifs is 2. The minimum atomic E-state index is -1.84. The number of nitrogens with one attached hydrogen (secondary N) is 15. The standard InChI is InChI=1S/C76H115N21O21S/c1-7-40(4)62(73(115)86-41(5)63(105)84-34-59(101)87-49(20-12-13-24-77)66(108)92-54(30-43-33-83-48-19-11-9-17-45(43)48)70(112)95-57(38-100)71(113)90-51(75(117)118)21-14-25-81-76(79)80)96-72(114)58-22-15-26-97(58)74(116)55(31-61(103)104)93-68(110)52(28-39(2)3)91-67(109)50(23-27-119-6)89-69(111)53(29-42-32-82-47-18-10-8-16-44(42)47)88-60(102)35-85-65(107)56(37-99)94-64(106)46(78)36-98/h8-11,16-19,32-33,39-41,46,49-58,62,82-83,98-100H,7,12-15,20-31,34-38,77-78H2,1-6H3,(H,84,105)(H,85,107)(H,86,115)(H,87,101)(H,88,102)(H,89,111)(H,90,113)(H,91,109)(H,92,108)(H,93,110)(H,94,106)(H,95,112)(H,96,114)(H,103,104)(H,117,118)(H4,79,80,81)/t40-,41-,46-,49-,50-,51-,52-,53-,54-,55-,56-,57-,58-,62-/m0/s1. The molecule has 0 bridgehead atoms. The number of aliphatic imine (C=N–C) groups is 1. The van der Waals surface area contributed by atoms with Crippen LogP contribution in [0.3, 0.4) is 0 Å². The molecule has 0 aliphatic carbocycles. The number of carbonyl (C=O) groups excluding carboxylic acids is 14. The smallest absolute Gasteiger partial charge is 0.326 e. The molecule has 42 nitrogen and oxygen atoms in total. The lowest BCUT2D eigenvalue weighted by Crippen LogP contribution is -2.61. The molecule has 4 aromatic rings. The van der Waals surface area contributed by atoms with Gasteiger partial charge in [0.25, 0.3) is 0 Å². The number of benzene rings is 2. The molecule has 656 valence electrons. The summed E-state index contributed by atoms with van der Waals surface area (Å²) in [5, 5.41) is 83.0. The molecule has 0 unspecified atom stereocenters. The number of H-pyrrole nitrogens is 2. The van der Waals surface area contributed by atoms with Gasteiger partial charge in [-0.25, -0.2) is 4.79 Å². The highest BCUT2D eigenvalue weighted by Gasteiger charge is 2.42. The van der Waals surface area contributed by atoms with Crippen LogP contribution in [-0.2, 0) is 89.6 Å². The Balaban J connectivity index is 1.26. The number of para-hydroxylation sites is 2. The van der Waals surface area contributed by atoms with Crippen LogP contribution in [-0.4, -0.2) is 284 Å². The monoisotopic (exact) mass is 1690 g/mol. The van der Waals surface area contributed by atoms with Gasteiger partial charge in [-0.05, 0) is 118 Å². The first kappa shape index (κ1) is 98.0. The van der Waals surface area contributed by atoms with Crippen molar-refractivity contribution in [3.8, 4) is 0 Å². The minimum absolute atomic E-state index is 0.0128. The molecule has 2 aromatic heterocycles. The molecular weight excluding hydrogens is 1580 g/mol. The Hall–Kier alpha value is -11.5. The van der Waals surface area contributed by atoms with E-state index in [9.17, 15) is 102 Å². The van der Waals surface area contributed by atoms with Crippen molar-refractivity contribution in [1.29, 1.82) is 0 Å². The van der Waals surface area contributed by atoms with E-state index in [0.29, 0.717) is 39.4 Å². The molecule has 43 heteroatoms. The Morgan fingerprint density at radius 1 is 0.546 bits per heavy atom. The average molecular weight is 1690 g/mol. The molecule has 1 aliphatic rings. The van der Waals surface area contributed by atoms with E-state index < -0.39 is 218 Å². The van der Waals surface area contributed by atoms with Gasteiger partial charge < -0.3 is 132 Å². The maximum Gasteiger partial charge on any atom is 0.326 e. The van der Waals surface area contributed by atoms with Crippen molar-refractivity contribution in [3.63, 3.8) is 0 Å². The quantitative estimate of drug-likeness (QED) is 0.0111. The van der Waals surface area contributed by atoms with Crippen LogP contribution in [0.1, 0.15) is 116 Å². The van der Waals surface area contributed by atoms with Crippen molar-refractivity contribution in [2.45, 2.75) is 197 Å². The van der Waals surface area contributed by atoms with Crippen molar-refractivity contribution in [2.75, 3.05) is 64.6 Å². The van der Waals surface area contributed by atoms with Crippen molar-refractivity contribution in [3.05, 3.63) is 72.1 Å². The Bertz CT molecular complexity index is 4200. The number of carboxylic acid groups (broad SMARTS) is 2. The van der Waals surface area contributed by atoms with Crippen molar-refractivity contribution in [2.24, 2.45) is 39.8 Å². The highest BCUT2D eigenvalue weighted by Crippen LogP contribution is 2.24. The zero-order valence-electron chi connectivity index (χ0n) is 67.4. The van der Waals surface area contributed by atoms with Gasteiger partial charge in [0.2, 0.25) is 82.7 Å². The molecule has 0 spiro atoms. The lowest BCUT2D eigenvalue weighted by Gasteiger charge is -2.31. The van der Waals surface area contributed by atoms with Gasteiger partial charge in [-0.3, -0.25) is 76.9 Å². The Labute approximate surface area is 690 Å². The summed E-state index contributed by atoms with van der Waals surface area (Å²) in [6.07, 6.45) is 4.55. The molecule has 2 aromatic carbocycles. The fourth-order valence-corrected chi connectivity index (χ4v) is 13.3. The van der Waals surface area contributed by atoms with Crippen molar-refractivity contribution >= 4 is 134 Å². The van der Waals surface area contributed by atoms with E-state index in [1.807, 2.05) is 0 Å². The van der Waals surface area contributed by atoms with Gasteiger partial charge in [-0.2, -0.15) is 11.8 Å². The number of nitrogens with two attached hydrogens (primary N) is 4. The third-order valence-electron chi connectivity index (χ3n) is 19.6. The highest BCUT2D eigenvalue weighted by atomic mass is 32.2. The zero-order chi connectivity index (χ0) is 88.2. The molecule has 119 heavy (non-hydrogen) atoms. The number of nitrogens with zero attached hydrogens (tertiary/aromatic N) is 2. The maximum atomic E-state index is 14.7. The second kappa shape index (κ2) is 49.6. The molecule has 3 heterocycles. The number of guanidine groups is 1. The molecule has 14 amide bonds. The Morgan fingerprint density at radius 2 is 1.03 bits per heavy atom. The third-order valence-corrected chi connectivity index (χ3v) is 20.3. The number of unbranched alkanes of at least 4 members (excludes halogenated alkanes) is 1. The van der Waals surface area contributed by atoms with E-state index in [-0.39, 0.29) is 108 Å². The van der Waals surface area contributed by atoms with Crippen LogP contribution in [0.2, 0.25) is 0 Å². The van der Waals surface area contributed by atoms with Crippen LogP contribution in [0, 0.1) is 11.8 Å². The molecule has 1 fully saturated rings. The van der Waals surface area contributed by atoms with E-state index in [1.165, 1.54) is 18.7 Å².